The topological polar surface area (TPSA) is 69.4 Å². The van der Waals surface area contributed by atoms with Crippen LogP contribution in [0.1, 0.15) is 12.8 Å². The standard InChI is InChI=1S/C16H24N4O/c1-4-15(10-6-5-9-13-18-2)21-16(20-14-19-3)11-7-8-12-17/h4-7,10-11,18-19H,1,8-9,13-14H2,2-3H3/b6-5+,11-7-,15-10+,20-16+. The molecule has 0 radical (unpaired) electrons. The van der Waals surface area contributed by atoms with Crippen LogP contribution in [-0.2, 0) is 4.74 Å². The lowest BCUT2D eigenvalue weighted by Gasteiger charge is -2.05. The van der Waals surface area contributed by atoms with E-state index in [0.29, 0.717) is 24.7 Å². The summed E-state index contributed by atoms with van der Waals surface area (Å²) < 4.78 is 5.64. The Bertz CT molecular complexity index is 442. The minimum absolute atomic E-state index is 0.318. The van der Waals surface area contributed by atoms with Crippen molar-refractivity contribution >= 4 is 5.90 Å². The maximum atomic E-state index is 8.53. The first kappa shape index (κ1) is 18.8. The molecule has 0 amide bonds. The van der Waals surface area contributed by atoms with Gasteiger partial charge < -0.3 is 15.4 Å². The molecule has 2 N–H and O–H groups in total. The monoisotopic (exact) mass is 288 g/mol. The van der Waals surface area contributed by atoms with Crippen molar-refractivity contribution in [3.8, 4) is 6.07 Å². The van der Waals surface area contributed by atoms with Gasteiger partial charge in [0, 0.05) is 0 Å². The van der Waals surface area contributed by atoms with E-state index in [1.807, 2.05) is 31.3 Å². The third-order valence-corrected chi connectivity index (χ3v) is 2.24. The Morgan fingerprint density at radius 1 is 1.33 bits per heavy atom. The predicted molar refractivity (Wildman–Crippen MR) is 87.8 cm³/mol. The largest absolute Gasteiger partial charge is 0.439 e. The van der Waals surface area contributed by atoms with E-state index < -0.39 is 0 Å². The van der Waals surface area contributed by atoms with Gasteiger partial charge in [-0.05, 0) is 45.3 Å². The molecule has 0 aliphatic heterocycles. The second-order valence-electron chi connectivity index (χ2n) is 3.97. The molecule has 0 fully saturated rings. The maximum Gasteiger partial charge on any atom is 0.215 e. The van der Waals surface area contributed by atoms with Gasteiger partial charge in [-0.15, -0.1) is 0 Å². The Balaban J connectivity index is 4.69. The molecular weight excluding hydrogens is 264 g/mol. The van der Waals surface area contributed by atoms with Crippen molar-refractivity contribution < 1.29 is 4.74 Å². The molecule has 0 rings (SSSR count). The molecule has 0 aromatic carbocycles. The second-order valence-corrected chi connectivity index (χ2v) is 3.97. The third kappa shape index (κ3) is 11.4. The Hall–Kier alpha value is -2.16. The van der Waals surface area contributed by atoms with Crippen LogP contribution in [0.15, 0.2) is 53.8 Å². The number of aliphatic imine (C=N–C) groups is 1. The van der Waals surface area contributed by atoms with Crippen molar-refractivity contribution in [2.24, 2.45) is 4.99 Å². The molecule has 0 heterocycles. The van der Waals surface area contributed by atoms with E-state index in [2.05, 4.69) is 22.2 Å². The molecule has 0 bridgehead atoms. The Labute approximate surface area is 127 Å². The molecular formula is C16H24N4O. The average molecular weight is 288 g/mol. The molecule has 0 atom stereocenters. The highest BCUT2D eigenvalue weighted by Gasteiger charge is 1.98. The van der Waals surface area contributed by atoms with E-state index in [0.717, 1.165) is 13.0 Å². The van der Waals surface area contributed by atoms with E-state index in [4.69, 9.17) is 10.00 Å². The summed E-state index contributed by atoms with van der Waals surface area (Å²) >= 11 is 0. The van der Waals surface area contributed by atoms with Crippen LogP contribution in [0.5, 0.6) is 0 Å². The van der Waals surface area contributed by atoms with Crippen molar-refractivity contribution in [2.45, 2.75) is 12.8 Å². The van der Waals surface area contributed by atoms with Gasteiger partial charge in [0.15, 0.2) is 0 Å². The van der Waals surface area contributed by atoms with Crippen LogP contribution in [0.4, 0.5) is 0 Å². The van der Waals surface area contributed by atoms with Crippen LogP contribution < -0.4 is 10.6 Å². The molecule has 5 nitrogen and oxygen atoms in total. The Morgan fingerprint density at radius 2 is 2.14 bits per heavy atom. The normalized spacial score (nSPS) is 12.8. The van der Waals surface area contributed by atoms with Gasteiger partial charge in [0.2, 0.25) is 5.90 Å². The number of ether oxygens (including phenoxy) is 1. The SMILES string of the molecule is C=C/C(=C\C=C\CCNC)OC(/C=C\CC#N)=N/CNC. The van der Waals surface area contributed by atoms with Crippen LogP contribution in [0.25, 0.3) is 0 Å². The van der Waals surface area contributed by atoms with Gasteiger partial charge in [-0.1, -0.05) is 24.8 Å². The summed E-state index contributed by atoms with van der Waals surface area (Å²) in [7, 11) is 3.72. The van der Waals surface area contributed by atoms with E-state index in [-0.39, 0.29) is 0 Å². The molecule has 0 aromatic heterocycles. The predicted octanol–water partition coefficient (Wildman–Crippen LogP) is 2.28. The van der Waals surface area contributed by atoms with Gasteiger partial charge in [0.05, 0.1) is 19.2 Å². The minimum atomic E-state index is 0.318. The second kappa shape index (κ2) is 14.3. The fourth-order valence-corrected chi connectivity index (χ4v) is 1.24. The van der Waals surface area contributed by atoms with Crippen LogP contribution in [-0.4, -0.2) is 33.2 Å². The maximum absolute atomic E-state index is 8.53. The van der Waals surface area contributed by atoms with E-state index in [1.165, 1.54) is 0 Å². The highest BCUT2D eigenvalue weighted by molar-refractivity contribution is 5.88. The highest BCUT2D eigenvalue weighted by Crippen LogP contribution is 2.03. The lowest BCUT2D eigenvalue weighted by molar-refractivity contribution is 0.435. The fourth-order valence-electron chi connectivity index (χ4n) is 1.24. The van der Waals surface area contributed by atoms with Crippen molar-refractivity contribution in [1.82, 2.24) is 10.6 Å². The summed E-state index contributed by atoms with van der Waals surface area (Å²) in [4.78, 5) is 4.22. The zero-order valence-electron chi connectivity index (χ0n) is 12.8. The van der Waals surface area contributed by atoms with Crippen molar-refractivity contribution in [3.63, 3.8) is 0 Å². The number of allylic oxidation sites excluding steroid dienone is 4. The molecule has 0 unspecified atom stereocenters. The number of nitrogens with zero attached hydrogens (tertiary/aromatic N) is 2. The average Bonchev–Trinajstić information content (AvgIpc) is 2.50. The zero-order chi connectivity index (χ0) is 15.8. The van der Waals surface area contributed by atoms with Crippen molar-refractivity contribution in [1.29, 1.82) is 5.26 Å². The summed E-state index contributed by atoms with van der Waals surface area (Å²) in [6, 6.07) is 2.04. The van der Waals surface area contributed by atoms with Gasteiger partial charge in [-0.2, -0.15) is 5.26 Å². The molecule has 0 spiro atoms. The highest BCUT2D eigenvalue weighted by atomic mass is 16.5. The van der Waals surface area contributed by atoms with Crippen LogP contribution in [0.3, 0.4) is 0 Å². The summed E-state index contributed by atoms with van der Waals surface area (Å²) in [5, 5.41) is 14.5. The van der Waals surface area contributed by atoms with Gasteiger partial charge in [0.1, 0.15) is 5.76 Å². The van der Waals surface area contributed by atoms with Crippen LogP contribution in [0.2, 0.25) is 0 Å². The number of nitriles is 1. The number of rotatable bonds is 10. The lowest BCUT2D eigenvalue weighted by atomic mass is 10.3. The first-order chi connectivity index (χ1) is 10.3. The smallest absolute Gasteiger partial charge is 0.215 e. The van der Waals surface area contributed by atoms with Crippen molar-refractivity contribution in [2.75, 3.05) is 27.3 Å². The fraction of sp³-hybridized carbons (Fsp3) is 0.375. The number of nitrogens with one attached hydrogen (secondary N) is 2. The minimum Gasteiger partial charge on any atom is -0.439 e. The van der Waals surface area contributed by atoms with Gasteiger partial charge in [0.25, 0.3) is 0 Å². The zero-order valence-corrected chi connectivity index (χ0v) is 12.8. The van der Waals surface area contributed by atoms with E-state index >= 15 is 0 Å². The van der Waals surface area contributed by atoms with Crippen molar-refractivity contribution in [3.05, 3.63) is 48.8 Å². The number of hydrogen-bond acceptors (Lipinski definition) is 5. The Morgan fingerprint density at radius 3 is 2.76 bits per heavy atom. The summed E-state index contributed by atoms with van der Waals surface area (Å²) in [6.07, 6.45) is 12.1. The molecule has 21 heavy (non-hydrogen) atoms. The molecule has 5 heteroatoms. The van der Waals surface area contributed by atoms with Gasteiger partial charge >= 0.3 is 0 Å². The molecule has 0 aliphatic rings. The first-order valence-electron chi connectivity index (χ1n) is 6.82. The Kier molecular flexibility index (Phi) is 12.8. The molecule has 0 aromatic rings. The van der Waals surface area contributed by atoms with E-state index in [1.54, 1.807) is 25.3 Å². The summed E-state index contributed by atoms with van der Waals surface area (Å²) in [5.41, 5.74) is 0. The first-order valence-corrected chi connectivity index (χ1v) is 6.82. The van der Waals surface area contributed by atoms with E-state index in [9.17, 15) is 0 Å². The lowest BCUT2D eigenvalue weighted by Crippen LogP contribution is -2.09. The molecule has 0 aliphatic carbocycles. The van der Waals surface area contributed by atoms with Gasteiger partial charge in [-0.3, -0.25) is 0 Å². The molecule has 0 saturated carbocycles. The van der Waals surface area contributed by atoms with Crippen LogP contribution >= 0.6 is 0 Å². The molecule has 0 saturated heterocycles. The quantitative estimate of drug-likeness (QED) is 0.213. The summed E-state index contributed by atoms with van der Waals surface area (Å²) in [6.45, 7) is 5.09. The third-order valence-electron chi connectivity index (χ3n) is 2.24. The van der Waals surface area contributed by atoms with Gasteiger partial charge in [-0.25, -0.2) is 4.99 Å². The summed E-state index contributed by atoms with van der Waals surface area (Å²) in [5.74, 6) is 1.04. The van der Waals surface area contributed by atoms with Crippen LogP contribution in [0, 0.1) is 11.3 Å². The number of hydrogen-bond donors (Lipinski definition) is 2. The molecule has 114 valence electrons.